The fraction of sp³-hybridized carbons (Fsp3) is 0.350. The Morgan fingerprint density at radius 3 is 2.56 bits per heavy atom. The lowest BCUT2D eigenvalue weighted by Crippen LogP contribution is -2.36. The van der Waals surface area contributed by atoms with Crippen molar-refractivity contribution in [2.45, 2.75) is 31.2 Å². The number of hydrogen-bond acceptors (Lipinski definition) is 3. The van der Waals surface area contributed by atoms with Crippen LogP contribution in [0.1, 0.15) is 52.0 Å². The molecule has 0 amide bonds. The summed E-state index contributed by atoms with van der Waals surface area (Å²) in [6.07, 6.45) is -3.16. The van der Waals surface area contributed by atoms with Crippen LogP contribution in [0.15, 0.2) is 42.5 Å². The summed E-state index contributed by atoms with van der Waals surface area (Å²) in [6.45, 7) is 0.515. The number of aromatic carboxylic acids is 1. The largest absolute Gasteiger partial charge is 0.478 e. The van der Waals surface area contributed by atoms with Gasteiger partial charge in [0.05, 0.1) is 23.3 Å². The van der Waals surface area contributed by atoms with Crippen molar-refractivity contribution in [2.75, 3.05) is 11.9 Å². The molecule has 4 nitrogen and oxygen atoms in total. The number of rotatable bonds is 2. The van der Waals surface area contributed by atoms with Crippen LogP contribution in [0.25, 0.3) is 0 Å². The molecule has 3 atom stereocenters. The first kappa shape index (κ1) is 17.9. The number of carboxylic acids is 1. The minimum absolute atomic E-state index is 0.0228. The van der Waals surface area contributed by atoms with Crippen LogP contribution >= 0.6 is 0 Å². The maximum Gasteiger partial charge on any atom is 0.416 e. The van der Waals surface area contributed by atoms with Gasteiger partial charge in [-0.25, -0.2) is 4.79 Å². The van der Waals surface area contributed by atoms with E-state index in [1.54, 1.807) is 24.3 Å². The number of halogens is 3. The molecule has 0 bridgehead atoms. The fourth-order valence-corrected chi connectivity index (χ4v) is 4.01. The fourth-order valence-electron chi connectivity index (χ4n) is 4.01. The number of alkyl halides is 3. The van der Waals surface area contributed by atoms with Gasteiger partial charge in [0.25, 0.3) is 0 Å². The Hall–Kier alpha value is -2.54. The SMILES string of the molecule is O=C(O)c1ccc([C@H]2Nc3ccc(C(F)(F)F)cc3[C@@H]3OCCC[C@H]23)cc1. The Kier molecular flexibility index (Phi) is 4.34. The molecule has 1 saturated heterocycles. The third-order valence-electron chi connectivity index (χ3n) is 5.31. The van der Waals surface area contributed by atoms with Crippen LogP contribution in [-0.4, -0.2) is 17.7 Å². The first-order valence-electron chi connectivity index (χ1n) is 8.77. The summed E-state index contributed by atoms with van der Waals surface area (Å²) >= 11 is 0. The molecule has 2 heterocycles. The lowest BCUT2D eigenvalue weighted by atomic mass is 9.77. The maximum absolute atomic E-state index is 13.1. The highest BCUT2D eigenvalue weighted by atomic mass is 19.4. The lowest BCUT2D eigenvalue weighted by Gasteiger charge is -2.43. The molecule has 2 aliphatic heterocycles. The van der Waals surface area contributed by atoms with Crippen molar-refractivity contribution < 1.29 is 27.8 Å². The van der Waals surface area contributed by atoms with Crippen LogP contribution in [0, 0.1) is 5.92 Å². The molecule has 2 aromatic carbocycles. The lowest BCUT2D eigenvalue weighted by molar-refractivity contribution is -0.137. The molecule has 0 aromatic heterocycles. The molecule has 2 aliphatic rings. The highest BCUT2D eigenvalue weighted by molar-refractivity contribution is 5.87. The van der Waals surface area contributed by atoms with Gasteiger partial charge in [0.1, 0.15) is 0 Å². The maximum atomic E-state index is 13.1. The molecular weight excluding hydrogens is 359 g/mol. The topological polar surface area (TPSA) is 58.6 Å². The minimum Gasteiger partial charge on any atom is -0.478 e. The van der Waals surface area contributed by atoms with E-state index in [0.29, 0.717) is 17.9 Å². The van der Waals surface area contributed by atoms with Gasteiger partial charge in [-0.15, -0.1) is 0 Å². The van der Waals surface area contributed by atoms with Crippen molar-refractivity contribution in [2.24, 2.45) is 5.92 Å². The van der Waals surface area contributed by atoms with Gasteiger partial charge in [0, 0.05) is 23.8 Å². The molecular formula is C20H18F3NO3. The summed E-state index contributed by atoms with van der Waals surface area (Å²) in [7, 11) is 0. The van der Waals surface area contributed by atoms with E-state index in [1.165, 1.54) is 12.1 Å². The molecule has 142 valence electrons. The average Bonchev–Trinajstić information content (AvgIpc) is 2.66. The third kappa shape index (κ3) is 3.27. The van der Waals surface area contributed by atoms with Crippen molar-refractivity contribution >= 4 is 11.7 Å². The average molecular weight is 377 g/mol. The summed E-state index contributed by atoms with van der Waals surface area (Å²) in [5, 5.41) is 12.4. The first-order valence-corrected chi connectivity index (χ1v) is 8.77. The molecule has 27 heavy (non-hydrogen) atoms. The van der Waals surface area contributed by atoms with Gasteiger partial charge in [-0.1, -0.05) is 12.1 Å². The molecule has 0 saturated carbocycles. The second-order valence-corrected chi connectivity index (χ2v) is 6.95. The van der Waals surface area contributed by atoms with E-state index in [4.69, 9.17) is 9.84 Å². The Morgan fingerprint density at radius 1 is 1.15 bits per heavy atom. The highest BCUT2D eigenvalue weighted by Crippen LogP contribution is 2.50. The summed E-state index contributed by atoms with van der Waals surface area (Å²) in [6, 6.07) is 10.1. The van der Waals surface area contributed by atoms with E-state index in [2.05, 4.69) is 5.32 Å². The number of hydrogen-bond donors (Lipinski definition) is 2. The predicted molar refractivity (Wildman–Crippen MR) is 92.6 cm³/mol. The van der Waals surface area contributed by atoms with E-state index < -0.39 is 23.8 Å². The van der Waals surface area contributed by atoms with Crippen LogP contribution in [0.5, 0.6) is 0 Å². The smallest absolute Gasteiger partial charge is 0.416 e. The molecule has 0 unspecified atom stereocenters. The Morgan fingerprint density at radius 2 is 1.89 bits per heavy atom. The van der Waals surface area contributed by atoms with Crippen LogP contribution in [-0.2, 0) is 10.9 Å². The van der Waals surface area contributed by atoms with Crippen molar-refractivity contribution in [3.05, 3.63) is 64.7 Å². The van der Waals surface area contributed by atoms with E-state index in [1.807, 2.05) is 0 Å². The van der Waals surface area contributed by atoms with Crippen molar-refractivity contribution in [3.8, 4) is 0 Å². The standard InChI is InChI=1S/C20H18F3NO3/c21-20(22,23)13-7-8-16-15(10-13)18-14(2-1-9-27-18)17(24-16)11-3-5-12(6-4-11)19(25)26/h3-8,10,14,17-18,24H,1-2,9H2,(H,25,26)/t14-,17-,18-/m1/s1. The van der Waals surface area contributed by atoms with Gasteiger partial charge < -0.3 is 15.2 Å². The van der Waals surface area contributed by atoms with Crippen LogP contribution < -0.4 is 5.32 Å². The Balaban J connectivity index is 1.73. The molecule has 4 rings (SSSR count). The van der Waals surface area contributed by atoms with Crippen molar-refractivity contribution in [1.29, 1.82) is 0 Å². The van der Waals surface area contributed by atoms with E-state index in [0.717, 1.165) is 24.5 Å². The van der Waals surface area contributed by atoms with E-state index in [-0.39, 0.29) is 17.5 Å². The third-order valence-corrected chi connectivity index (χ3v) is 5.31. The molecule has 0 aliphatic carbocycles. The zero-order valence-corrected chi connectivity index (χ0v) is 14.3. The van der Waals surface area contributed by atoms with Crippen LogP contribution in [0.4, 0.5) is 18.9 Å². The number of anilines is 1. The molecule has 0 radical (unpaired) electrons. The number of ether oxygens (including phenoxy) is 1. The van der Waals surface area contributed by atoms with Gasteiger partial charge in [0.15, 0.2) is 0 Å². The number of benzene rings is 2. The Labute approximate surface area is 154 Å². The second-order valence-electron chi connectivity index (χ2n) is 6.95. The molecule has 2 aromatic rings. The molecule has 2 N–H and O–H groups in total. The minimum atomic E-state index is -4.40. The number of carbonyl (C=O) groups is 1. The van der Waals surface area contributed by atoms with Crippen LogP contribution in [0.3, 0.4) is 0 Å². The van der Waals surface area contributed by atoms with Gasteiger partial charge in [-0.3, -0.25) is 0 Å². The number of nitrogens with one attached hydrogen (secondary N) is 1. The normalized spacial score (nSPS) is 24.5. The van der Waals surface area contributed by atoms with Gasteiger partial charge in [0.2, 0.25) is 0 Å². The van der Waals surface area contributed by atoms with Crippen molar-refractivity contribution in [3.63, 3.8) is 0 Å². The molecule has 0 spiro atoms. The first-order chi connectivity index (χ1) is 12.8. The monoisotopic (exact) mass is 377 g/mol. The quantitative estimate of drug-likeness (QED) is 0.770. The zero-order valence-electron chi connectivity index (χ0n) is 14.3. The van der Waals surface area contributed by atoms with Crippen LogP contribution in [0.2, 0.25) is 0 Å². The number of carboxylic acid groups (broad SMARTS) is 1. The summed E-state index contributed by atoms with van der Waals surface area (Å²) in [4.78, 5) is 11.1. The van der Waals surface area contributed by atoms with Gasteiger partial charge in [-0.2, -0.15) is 13.2 Å². The summed E-state index contributed by atoms with van der Waals surface area (Å²) in [5.74, 6) is -1.02. The summed E-state index contributed by atoms with van der Waals surface area (Å²) in [5.41, 5.74) is 1.57. The Bertz CT molecular complexity index is 864. The van der Waals surface area contributed by atoms with E-state index >= 15 is 0 Å². The molecule has 1 fully saturated rings. The second kappa shape index (κ2) is 6.56. The summed E-state index contributed by atoms with van der Waals surface area (Å²) < 4.78 is 45.2. The van der Waals surface area contributed by atoms with Crippen molar-refractivity contribution in [1.82, 2.24) is 0 Å². The zero-order chi connectivity index (χ0) is 19.2. The number of fused-ring (bicyclic) bond motifs is 3. The highest BCUT2D eigenvalue weighted by Gasteiger charge is 2.41. The molecule has 7 heteroatoms. The van der Waals surface area contributed by atoms with Gasteiger partial charge >= 0.3 is 12.1 Å². The predicted octanol–water partition coefficient (Wildman–Crippen LogP) is 5.04. The van der Waals surface area contributed by atoms with E-state index in [9.17, 15) is 18.0 Å². The van der Waals surface area contributed by atoms with Gasteiger partial charge in [-0.05, 0) is 48.7 Å².